The number of imide groups is 1. The molecular weight excluding hydrogens is 1650 g/mol. The van der Waals surface area contributed by atoms with Gasteiger partial charge in [0.05, 0.1) is 27.6 Å². The number of carbonyl (C=O) groups excluding carboxylic acids is 9. The van der Waals surface area contributed by atoms with Crippen molar-refractivity contribution in [2.45, 2.75) is 191 Å². The lowest BCUT2D eigenvalue weighted by atomic mass is 9.51. The summed E-state index contributed by atoms with van der Waals surface area (Å²) in [6.07, 6.45) is -9.74. The Kier molecular flexibility index (Phi) is 29.8. The van der Waals surface area contributed by atoms with E-state index in [1.165, 1.54) is 54.6 Å². The van der Waals surface area contributed by atoms with Gasteiger partial charge in [0.25, 0.3) is 0 Å². The molecule has 32 nitrogen and oxygen atoms in total. The third kappa shape index (κ3) is 21.0. The Morgan fingerprint density at radius 2 is 1.26 bits per heavy atom. The number of Topliss-reactive ketones (excluding diaryl/α,β-unsaturated/α-hetero) is 3. The molecule has 6 aromatic rings. The van der Waals surface area contributed by atoms with E-state index >= 15 is 28.8 Å². The lowest BCUT2D eigenvalue weighted by Crippen LogP contribution is -2.60. The first kappa shape index (κ1) is 91.5. The molecule has 666 valence electrons. The summed E-state index contributed by atoms with van der Waals surface area (Å²) >= 11 is 14.4. The van der Waals surface area contributed by atoms with Crippen LogP contribution in [-0.4, -0.2) is 182 Å². The minimum absolute atomic E-state index is 0.0417. The zero-order valence-corrected chi connectivity index (χ0v) is 71.0. The maximum Gasteiger partial charge on any atom is 0.325 e. The molecule has 7 amide bonds. The number of anilines is 1. The van der Waals surface area contributed by atoms with E-state index in [-0.39, 0.29) is 122 Å². The number of rotatable bonds is 26. The van der Waals surface area contributed by atoms with Crippen LogP contribution in [0, 0.1) is 47.3 Å². The van der Waals surface area contributed by atoms with E-state index in [0.717, 1.165) is 81.8 Å². The second kappa shape index (κ2) is 40.4. The number of phenols is 3. The first-order chi connectivity index (χ1) is 59.4. The number of ether oxygens (including phenoxy) is 6. The Morgan fingerprint density at radius 1 is 0.621 bits per heavy atom. The predicted molar refractivity (Wildman–Crippen MR) is 453 cm³/mol. The fraction of sp³-hybridized carbons (Fsp3) is 0.500. The predicted octanol–water partition coefficient (Wildman–Crippen LogP) is 8.82. The van der Waals surface area contributed by atoms with Gasteiger partial charge in [-0.3, -0.25) is 43.7 Å². The second-order valence-corrected chi connectivity index (χ2v) is 34.7. The largest absolute Gasteiger partial charge is 0.508 e. The van der Waals surface area contributed by atoms with E-state index in [0.29, 0.717) is 43.6 Å². The van der Waals surface area contributed by atoms with E-state index in [4.69, 9.17) is 57.4 Å². The summed E-state index contributed by atoms with van der Waals surface area (Å²) in [6.45, 7) is 11.7. The summed E-state index contributed by atoms with van der Waals surface area (Å²) in [4.78, 5) is 140. The molecule has 34 heteroatoms. The highest BCUT2D eigenvalue weighted by molar-refractivity contribution is 6.32. The van der Waals surface area contributed by atoms with Crippen molar-refractivity contribution in [3.05, 3.63) is 135 Å². The van der Waals surface area contributed by atoms with Gasteiger partial charge in [-0.25, -0.2) is 4.79 Å². The van der Waals surface area contributed by atoms with Gasteiger partial charge in [-0.2, -0.15) is 0 Å². The number of fused-ring (bicyclic) bond motifs is 15. The average Bonchev–Trinajstić information content (AvgIpc) is 0.741. The number of hydrogen-bond acceptors (Lipinski definition) is 26. The number of carbonyl (C=O) groups is 9. The lowest BCUT2D eigenvalue weighted by Gasteiger charge is -2.54. The summed E-state index contributed by atoms with van der Waals surface area (Å²) in [5, 5.41) is 117. The van der Waals surface area contributed by atoms with Crippen LogP contribution >= 0.6 is 23.2 Å². The molecule has 18 N–H and O–H groups in total. The van der Waals surface area contributed by atoms with Gasteiger partial charge in [0.2, 0.25) is 41.6 Å². The van der Waals surface area contributed by atoms with Crippen LogP contribution in [0.1, 0.15) is 176 Å². The van der Waals surface area contributed by atoms with Crippen LogP contribution < -0.4 is 72.0 Å². The van der Waals surface area contributed by atoms with Crippen molar-refractivity contribution in [1.29, 1.82) is 0 Å². The van der Waals surface area contributed by atoms with Crippen LogP contribution in [0.4, 0.5) is 10.5 Å². The van der Waals surface area contributed by atoms with Crippen molar-refractivity contribution in [2.24, 2.45) is 53.1 Å². The zero-order valence-electron chi connectivity index (χ0n) is 69.5. The van der Waals surface area contributed by atoms with Crippen molar-refractivity contribution in [3.8, 4) is 68.6 Å². The number of phenolic OH excluding ortho intramolecular Hbond substituents is 3. The smallest absolute Gasteiger partial charge is 0.325 e. The monoisotopic (exact) mass is 1750 g/mol. The second-order valence-electron chi connectivity index (χ2n) is 33.9. The minimum atomic E-state index is -2.23. The van der Waals surface area contributed by atoms with E-state index in [9.17, 15) is 55.2 Å². The highest BCUT2D eigenvalue weighted by atomic mass is 35.5. The summed E-state index contributed by atoms with van der Waals surface area (Å²) in [7, 11) is 0. The number of ketones is 3. The molecule has 6 heterocycles. The molecule has 4 saturated carbocycles. The molecule has 1 saturated heterocycles. The molecule has 14 atom stereocenters. The Labute approximate surface area is 726 Å². The molecule has 4 aliphatic carbocycles. The van der Waals surface area contributed by atoms with Crippen LogP contribution in [0.15, 0.2) is 97.1 Å². The van der Waals surface area contributed by atoms with Crippen LogP contribution in [0.25, 0.3) is 11.1 Å². The van der Waals surface area contributed by atoms with Gasteiger partial charge in [-0.15, -0.1) is 0 Å². The molecule has 6 aromatic carbocycles. The summed E-state index contributed by atoms with van der Waals surface area (Å²) < 4.78 is 38.0. The number of nitrogens with two attached hydrogens (primary N) is 1. The van der Waals surface area contributed by atoms with Crippen LogP contribution in [0.3, 0.4) is 0 Å². The number of amides is 7. The number of aliphatic hydroxyl groups excluding tert-OH is 5. The molecule has 6 aliphatic heterocycles. The van der Waals surface area contributed by atoms with Crippen LogP contribution in [-0.2, 0) is 43.1 Å². The number of aromatic hydroxyl groups is 3. The molecule has 5 fully saturated rings. The number of nitrogens with one attached hydrogen (secondary N) is 8. The van der Waals surface area contributed by atoms with E-state index in [2.05, 4.69) is 42.5 Å². The molecular formula is C90H109Cl2N9O23. The Morgan fingerprint density at radius 3 is 1.88 bits per heavy atom. The van der Waals surface area contributed by atoms with Crippen molar-refractivity contribution in [1.82, 2.24) is 37.2 Å². The zero-order chi connectivity index (χ0) is 88.6. The van der Waals surface area contributed by atoms with E-state index < -0.39 is 198 Å². The minimum Gasteiger partial charge on any atom is -0.508 e. The number of halogens is 2. The van der Waals surface area contributed by atoms with Crippen molar-refractivity contribution in [3.63, 3.8) is 0 Å². The summed E-state index contributed by atoms with van der Waals surface area (Å²) in [6, 6.07) is 10.7. The molecule has 10 aliphatic rings. The quantitative estimate of drug-likeness (QED) is 0.0225. The first-order valence-electron chi connectivity index (χ1n) is 42.5. The number of urea groups is 1. The third-order valence-corrected chi connectivity index (χ3v) is 25.2. The van der Waals surface area contributed by atoms with Crippen molar-refractivity contribution >= 4 is 81.8 Å². The van der Waals surface area contributed by atoms with Gasteiger partial charge in [-0.05, 0) is 201 Å². The molecule has 0 spiro atoms. The molecule has 124 heavy (non-hydrogen) atoms. The van der Waals surface area contributed by atoms with E-state index in [1.807, 2.05) is 27.7 Å². The van der Waals surface area contributed by atoms with E-state index in [1.54, 1.807) is 19.1 Å². The summed E-state index contributed by atoms with van der Waals surface area (Å²) in [5.74, 6) is -15.6. The molecule has 15 bridgehead atoms. The van der Waals surface area contributed by atoms with Gasteiger partial charge in [0, 0.05) is 74.5 Å². The number of aliphatic hydroxyl groups is 5. The SMILES string of the molecule is CCCNCCOc1ccc(OCCNCCC)c(NC(=O)NC(=O)C[C@@H]2CC(=O)[C@H](NC(=O)[C@H](CC)CC(C)C)[C@H](O)c3ccc(c(Cl)c3)Oc3cc4cc(c3O[C@@H]3O[C@H](CN)[C@@H](O)[C@H](O)[C@H]3O)Oc3ccc(cc3Cl)[C@@H](O)[C@@H]3NC(=O)[C@H](CC(=O)[C@@H]4NC2=O)c2ccc(O)c(c2)-c2c(O)cc(O)cc2[C@@H](C(=O)CC2C4CC5CC(C4)CC2C5)NC3=O)c1. The number of benzene rings is 6. The molecule has 0 unspecified atom stereocenters. The van der Waals surface area contributed by atoms with Crippen molar-refractivity contribution < 1.29 is 112 Å². The molecule has 0 aromatic heterocycles. The highest BCUT2D eigenvalue weighted by Crippen LogP contribution is 2.58. The Hall–Kier alpha value is -10.2. The highest BCUT2D eigenvalue weighted by Gasteiger charge is 2.51. The van der Waals surface area contributed by atoms with Gasteiger partial charge in [-0.1, -0.05) is 76.0 Å². The summed E-state index contributed by atoms with van der Waals surface area (Å²) in [5.41, 5.74) is 4.49. The normalized spacial score (nSPS) is 26.8. The molecule has 16 rings (SSSR count). The topological polar surface area (TPSA) is 493 Å². The number of hydrogen-bond donors (Lipinski definition) is 17. The van der Waals surface area contributed by atoms with Gasteiger partial charge < -0.3 is 112 Å². The van der Waals surface area contributed by atoms with Gasteiger partial charge in [0.15, 0.2) is 28.8 Å². The maximum atomic E-state index is 16.7. The van der Waals surface area contributed by atoms with Crippen molar-refractivity contribution in [2.75, 3.05) is 51.3 Å². The standard InChI is InChI=1S/C90H109Cl2N9O23/c1-6-17-94-19-21-119-54-12-16-69(120-22-20-95-18-7-2)61(38-54)96-90(118)97-73(108)35-52-32-64(105)77(100-85(114)45(8-3)23-42(4)5)79(109)47-10-14-67(59(91)30-47)121-70-33-51-34-71(84(70)124-89-83(113)82(112)81(111)72(41-93)123-89)122-68-15-11-48(31-60(68)92)80(110)78-88(117)99-76(66(107)39-55-49-25-43-24-44(27-49)28-50(55)26-43)58-36-53(102)37-63(104)74(58)57-29-46(9-13-62(57)103)56(87(116)101-78)40-65(106)75(51)98-86(52)115/h9-16,29-31,33-34,36-38,42-45,49-50,52,55-56,72,75-83,89,94-95,102-104,109-113H,6-8,17-28,32,35,39-41,93H2,1-5H3,(H,98,115)(H,99,117)(H,100,114)(H,101,116)(H2,96,97,108,118)/t43?,44?,45-,49?,50?,52+,55?,56-,72-,75-,76+,77+,78+,79-,80-,81-,82+,83-,89+/m1/s1. The fourth-order valence-electron chi connectivity index (χ4n) is 18.5. The molecule has 0 radical (unpaired) electrons. The lowest BCUT2D eigenvalue weighted by molar-refractivity contribution is -0.270. The maximum absolute atomic E-state index is 16.7. The van der Waals surface area contributed by atoms with Crippen LogP contribution in [0.5, 0.6) is 57.5 Å². The Balaban J connectivity index is 0.973. The first-order valence-corrected chi connectivity index (χ1v) is 43.3. The van der Waals surface area contributed by atoms with Gasteiger partial charge in [0.1, 0.15) is 114 Å². The Bertz CT molecular complexity index is 4950. The van der Waals surface area contributed by atoms with Crippen LogP contribution in [0.2, 0.25) is 10.0 Å². The average molecular weight is 1760 g/mol. The third-order valence-electron chi connectivity index (χ3n) is 24.6. The fourth-order valence-corrected chi connectivity index (χ4v) is 19.0. The van der Waals surface area contributed by atoms with Gasteiger partial charge >= 0.3 is 6.03 Å².